The van der Waals surface area contributed by atoms with E-state index in [0.717, 1.165) is 0 Å². The molecule has 2 rings (SSSR count). The fourth-order valence-corrected chi connectivity index (χ4v) is 3.76. The van der Waals surface area contributed by atoms with Crippen LogP contribution in [0.25, 0.3) is 0 Å². The van der Waals surface area contributed by atoms with Crippen LogP contribution in [0.1, 0.15) is 26.2 Å². The number of hydrogen-bond acceptors (Lipinski definition) is 2. The van der Waals surface area contributed by atoms with Crippen LogP contribution in [0.4, 0.5) is 0 Å². The number of rotatable bonds is 1. The molecule has 0 amide bonds. The Kier molecular flexibility index (Phi) is 3.15. The molecule has 0 aromatic carbocycles. The van der Waals surface area contributed by atoms with Gasteiger partial charge < -0.3 is 4.90 Å². The molecule has 2 saturated heterocycles. The van der Waals surface area contributed by atoms with Crippen molar-refractivity contribution in [2.24, 2.45) is 5.41 Å². The van der Waals surface area contributed by atoms with Gasteiger partial charge in [-0.1, -0.05) is 6.92 Å². The molecule has 76 valence electrons. The zero-order valence-electron chi connectivity index (χ0n) is 8.43. The molecule has 1 spiro atoms. The van der Waals surface area contributed by atoms with Gasteiger partial charge >= 0.3 is 0 Å². The summed E-state index contributed by atoms with van der Waals surface area (Å²) in [5.41, 5.74) is 0.662. The van der Waals surface area contributed by atoms with Gasteiger partial charge in [0.15, 0.2) is 0 Å². The molecule has 1 atom stereocenters. The van der Waals surface area contributed by atoms with E-state index in [1.807, 2.05) is 0 Å². The Bertz CT molecular complexity index is 182. The minimum absolute atomic E-state index is 0.662. The zero-order valence-corrected chi connectivity index (χ0v) is 10.6. The van der Waals surface area contributed by atoms with Crippen molar-refractivity contribution in [2.45, 2.75) is 26.2 Å². The Morgan fingerprint density at radius 3 is 2.69 bits per heavy atom. The second-order valence-electron chi connectivity index (χ2n) is 4.57. The third-order valence-electron chi connectivity index (χ3n) is 3.58. The van der Waals surface area contributed by atoms with E-state index in [2.05, 4.69) is 37.8 Å². The first-order valence-corrected chi connectivity index (χ1v) is 6.34. The molecule has 2 nitrogen and oxygen atoms in total. The Labute approximate surface area is 95.2 Å². The van der Waals surface area contributed by atoms with E-state index in [4.69, 9.17) is 0 Å². The first-order chi connectivity index (χ1) is 6.24. The van der Waals surface area contributed by atoms with E-state index in [1.54, 1.807) is 0 Å². The van der Waals surface area contributed by atoms with Gasteiger partial charge in [0.2, 0.25) is 0 Å². The van der Waals surface area contributed by atoms with Crippen LogP contribution in [0.2, 0.25) is 0 Å². The molecule has 0 N–H and O–H groups in total. The molecule has 1 unspecified atom stereocenters. The summed E-state index contributed by atoms with van der Waals surface area (Å²) in [5.74, 6) is 0. The monoisotopic (exact) mass is 294 g/mol. The predicted octanol–water partition coefficient (Wildman–Crippen LogP) is 2.14. The van der Waals surface area contributed by atoms with Crippen molar-refractivity contribution in [1.29, 1.82) is 0 Å². The van der Waals surface area contributed by atoms with E-state index in [9.17, 15) is 0 Å². The van der Waals surface area contributed by atoms with Gasteiger partial charge in [0.1, 0.15) is 0 Å². The van der Waals surface area contributed by atoms with Crippen molar-refractivity contribution in [3.8, 4) is 0 Å². The third-order valence-corrected chi connectivity index (χ3v) is 4.40. The number of halogens is 1. The van der Waals surface area contributed by atoms with Crippen LogP contribution < -0.4 is 0 Å². The maximum Gasteiger partial charge on any atom is 0.0201 e. The minimum Gasteiger partial charge on any atom is -0.303 e. The summed E-state index contributed by atoms with van der Waals surface area (Å²) in [5, 5.41) is 0. The number of piperidine rings is 1. The molecule has 0 bridgehead atoms. The summed E-state index contributed by atoms with van der Waals surface area (Å²) < 4.78 is 2.47. The highest BCUT2D eigenvalue weighted by Gasteiger charge is 2.40. The maximum absolute atomic E-state index is 2.62. The van der Waals surface area contributed by atoms with E-state index in [1.165, 1.54) is 52.0 Å². The summed E-state index contributed by atoms with van der Waals surface area (Å²) in [7, 11) is 0. The van der Waals surface area contributed by atoms with Crippen LogP contribution in [-0.2, 0) is 0 Å². The second-order valence-corrected chi connectivity index (χ2v) is 5.93. The lowest BCUT2D eigenvalue weighted by Gasteiger charge is -2.39. The molecular formula is C10H19IN2. The molecule has 0 aliphatic carbocycles. The Morgan fingerprint density at radius 1 is 1.23 bits per heavy atom. The quantitative estimate of drug-likeness (QED) is 0.540. The summed E-state index contributed by atoms with van der Waals surface area (Å²) in [6.45, 7) is 8.84. The number of nitrogens with zero attached hydrogens (tertiary/aromatic N) is 2. The smallest absolute Gasteiger partial charge is 0.0201 e. The lowest BCUT2D eigenvalue weighted by Crippen LogP contribution is -2.44. The summed E-state index contributed by atoms with van der Waals surface area (Å²) in [4.78, 5) is 2.62. The molecular weight excluding hydrogens is 275 g/mol. The Balaban J connectivity index is 1.98. The minimum atomic E-state index is 0.662. The lowest BCUT2D eigenvalue weighted by atomic mass is 9.79. The van der Waals surface area contributed by atoms with Gasteiger partial charge in [-0.25, -0.2) is 3.11 Å². The average molecular weight is 294 g/mol. The highest BCUT2D eigenvalue weighted by atomic mass is 127. The summed E-state index contributed by atoms with van der Waals surface area (Å²) in [6, 6.07) is 0. The molecule has 2 heterocycles. The topological polar surface area (TPSA) is 6.48 Å². The molecule has 2 aliphatic heterocycles. The van der Waals surface area contributed by atoms with Crippen LogP contribution in [0.5, 0.6) is 0 Å². The van der Waals surface area contributed by atoms with Crippen molar-refractivity contribution >= 4 is 22.9 Å². The highest BCUT2D eigenvalue weighted by molar-refractivity contribution is 14.1. The second kappa shape index (κ2) is 4.03. The van der Waals surface area contributed by atoms with Gasteiger partial charge in [-0.3, -0.25) is 0 Å². The van der Waals surface area contributed by atoms with Gasteiger partial charge in [0, 0.05) is 42.5 Å². The molecule has 0 radical (unpaired) electrons. The standard InChI is InChI=1S/C10H19IN2/c1-2-12-6-3-4-10(8-12)5-7-13(11)9-10/h2-9H2,1H3. The lowest BCUT2D eigenvalue weighted by molar-refractivity contribution is 0.105. The van der Waals surface area contributed by atoms with Gasteiger partial charge in [0.25, 0.3) is 0 Å². The van der Waals surface area contributed by atoms with Crippen LogP contribution in [0.15, 0.2) is 0 Å². The van der Waals surface area contributed by atoms with E-state index < -0.39 is 0 Å². The first-order valence-electron chi connectivity index (χ1n) is 5.37. The first kappa shape index (κ1) is 10.2. The molecule has 2 fully saturated rings. The molecule has 3 heteroatoms. The van der Waals surface area contributed by atoms with Crippen molar-refractivity contribution < 1.29 is 0 Å². The van der Waals surface area contributed by atoms with Crippen molar-refractivity contribution in [2.75, 3.05) is 32.7 Å². The van der Waals surface area contributed by atoms with Crippen LogP contribution in [-0.4, -0.2) is 40.7 Å². The Hall–Kier alpha value is 0.650. The van der Waals surface area contributed by atoms with Crippen LogP contribution in [0.3, 0.4) is 0 Å². The normalized spacial score (nSPS) is 37.4. The molecule has 0 saturated carbocycles. The van der Waals surface area contributed by atoms with Crippen molar-refractivity contribution in [3.63, 3.8) is 0 Å². The average Bonchev–Trinajstić information content (AvgIpc) is 2.47. The van der Waals surface area contributed by atoms with E-state index in [-0.39, 0.29) is 0 Å². The number of hydrogen-bond donors (Lipinski definition) is 0. The van der Waals surface area contributed by atoms with Gasteiger partial charge in [-0.15, -0.1) is 0 Å². The number of likely N-dealkylation sites (tertiary alicyclic amines) is 1. The van der Waals surface area contributed by atoms with Gasteiger partial charge in [-0.05, 0) is 37.8 Å². The predicted molar refractivity (Wildman–Crippen MR) is 64.0 cm³/mol. The van der Waals surface area contributed by atoms with Crippen LogP contribution >= 0.6 is 22.9 Å². The largest absolute Gasteiger partial charge is 0.303 e. The highest BCUT2D eigenvalue weighted by Crippen LogP contribution is 2.39. The summed E-state index contributed by atoms with van der Waals surface area (Å²) >= 11 is 2.48. The molecule has 0 aromatic rings. The maximum atomic E-state index is 2.62. The van der Waals surface area contributed by atoms with Gasteiger partial charge in [0.05, 0.1) is 0 Å². The van der Waals surface area contributed by atoms with E-state index in [0.29, 0.717) is 5.41 Å². The van der Waals surface area contributed by atoms with Gasteiger partial charge in [-0.2, -0.15) is 0 Å². The van der Waals surface area contributed by atoms with Crippen molar-refractivity contribution in [3.05, 3.63) is 0 Å². The fraction of sp³-hybridized carbons (Fsp3) is 1.00. The fourth-order valence-electron chi connectivity index (χ4n) is 2.79. The molecule has 0 aromatic heterocycles. The Morgan fingerprint density at radius 2 is 2.08 bits per heavy atom. The molecule has 2 aliphatic rings. The molecule has 13 heavy (non-hydrogen) atoms. The van der Waals surface area contributed by atoms with Crippen LogP contribution in [0, 0.1) is 5.41 Å². The third kappa shape index (κ3) is 2.18. The SMILES string of the molecule is CCN1CCCC2(CCN(I)C2)C1. The van der Waals surface area contributed by atoms with Crippen molar-refractivity contribution in [1.82, 2.24) is 8.01 Å². The van der Waals surface area contributed by atoms with E-state index >= 15 is 0 Å². The zero-order chi connectivity index (χ0) is 9.31. The summed E-state index contributed by atoms with van der Waals surface area (Å²) in [6.07, 6.45) is 4.30.